The second-order valence-electron chi connectivity index (χ2n) is 3.34. The summed E-state index contributed by atoms with van der Waals surface area (Å²) in [5.74, 6) is 0. The third-order valence-corrected chi connectivity index (χ3v) is 4.08. The van der Waals surface area contributed by atoms with Crippen LogP contribution in [0, 0.1) is 0 Å². The molecule has 0 aromatic carbocycles. The summed E-state index contributed by atoms with van der Waals surface area (Å²) in [5.41, 5.74) is -0.618. The first-order chi connectivity index (χ1) is 7.37. The van der Waals surface area contributed by atoms with Crippen molar-refractivity contribution < 1.29 is 17.9 Å². The van der Waals surface area contributed by atoms with E-state index in [1.807, 2.05) is 0 Å². The van der Waals surface area contributed by atoms with Gasteiger partial charge in [0, 0.05) is 23.9 Å². The summed E-state index contributed by atoms with van der Waals surface area (Å²) in [6.45, 7) is 0.376. The molecule has 0 aromatic heterocycles. The van der Waals surface area contributed by atoms with Gasteiger partial charge in [0.2, 0.25) is 0 Å². The van der Waals surface area contributed by atoms with E-state index in [4.69, 9.17) is 16.3 Å². The van der Waals surface area contributed by atoms with Crippen LogP contribution in [-0.2, 0) is 4.74 Å². The van der Waals surface area contributed by atoms with E-state index in [0.29, 0.717) is 6.61 Å². The molecule has 1 rings (SSSR count). The number of rotatable bonds is 5. The zero-order chi connectivity index (χ0) is 12.2. The number of unbranched alkanes of at least 4 members (excludes halogenated alkanes) is 1. The average Bonchev–Trinajstić information content (AvgIpc) is 2.56. The van der Waals surface area contributed by atoms with Crippen LogP contribution in [0.5, 0.6) is 0 Å². The minimum Gasteiger partial charge on any atom is -0.350 e. The number of ether oxygens (including phenoxy) is 1. The van der Waals surface area contributed by atoms with Gasteiger partial charge in [-0.15, -0.1) is 0 Å². The Labute approximate surface area is 110 Å². The Morgan fingerprint density at radius 1 is 1.50 bits per heavy atom. The van der Waals surface area contributed by atoms with Crippen LogP contribution < -0.4 is 0 Å². The smallest absolute Gasteiger partial charge is 0.350 e. The molecule has 0 radical (unpaired) electrons. The highest BCUT2D eigenvalue weighted by Crippen LogP contribution is 2.49. The van der Waals surface area contributed by atoms with Gasteiger partial charge in [0.15, 0.2) is 4.39 Å². The average molecular weight is 340 g/mol. The highest BCUT2D eigenvalue weighted by molar-refractivity contribution is 9.09. The predicted molar refractivity (Wildman–Crippen MR) is 63.9 cm³/mol. The molecule has 16 heavy (non-hydrogen) atoms. The van der Waals surface area contributed by atoms with Gasteiger partial charge < -0.3 is 4.74 Å². The first-order valence-corrected chi connectivity index (χ1v) is 7.08. The number of hydrogen-bond donors (Lipinski definition) is 0. The van der Waals surface area contributed by atoms with Crippen LogP contribution in [0.2, 0.25) is 0 Å². The van der Waals surface area contributed by atoms with Crippen LogP contribution in [0.15, 0.2) is 11.0 Å². The van der Waals surface area contributed by atoms with Crippen LogP contribution in [-0.4, -0.2) is 22.5 Å². The Hall–Kier alpha value is 0.610. The molecular weight excluding hydrogens is 329 g/mol. The molecule has 0 aliphatic carbocycles. The third-order valence-electron chi connectivity index (χ3n) is 1.99. The van der Waals surface area contributed by atoms with Gasteiger partial charge >= 0.3 is 6.18 Å². The summed E-state index contributed by atoms with van der Waals surface area (Å²) in [6, 6.07) is 0. The summed E-state index contributed by atoms with van der Waals surface area (Å²) in [4.78, 5) is 0. The van der Waals surface area contributed by atoms with E-state index in [1.165, 1.54) is 0 Å². The molecule has 0 spiro atoms. The van der Waals surface area contributed by atoms with E-state index >= 15 is 0 Å². The first kappa shape index (κ1) is 14.7. The third kappa shape index (κ3) is 4.47. The number of halogens is 5. The van der Waals surface area contributed by atoms with Crippen molar-refractivity contribution in [1.29, 1.82) is 0 Å². The molecule has 0 saturated carbocycles. The second kappa shape index (κ2) is 5.98. The second-order valence-corrected chi connectivity index (χ2v) is 6.10. The minimum absolute atomic E-state index is 0.295. The van der Waals surface area contributed by atoms with Gasteiger partial charge in [0.25, 0.3) is 0 Å². The molecular formula is C9H11BrClF3OS. The zero-order valence-electron chi connectivity index (χ0n) is 8.32. The molecule has 0 N–H and O–H groups in total. The summed E-state index contributed by atoms with van der Waals surface area (Å²) in [5, 5.41) is 1.89. The maximum absolute atomic E-state index is 12.3. The van der Waals surface area contributed by atoms with E-state index in [2.05, 4.69) is 15.9 Å². The lowest BCUT2D eigenvalue weighted by atomic mass is 10.2. The Morgan fingerprint density at radius 2 is 2.19 bits per heavy atom. The van der Waals surface area contributed by atoms with Crippen molar-refractivity contribution in [1.82, 2.24) is 0 Å². The van der Waals surface area contributed by atoms with Gasteiger partial charge in [-0.25, -0.2) is 0 Å². The van der Waals surface area contributed by atoms with Gasteiger partial charge in [0.1, 0.15) is 0 Å². The number of thioether (sulfide) groups is 1. The zero-order valence-corrected chi connectivity index (χ0v) is 11.5. The highest BCUT2D eigenvalue weighted by Gasteiger charge is 2.45. The van der Waals surface area contributed by atoms with Gasteiger partial charge in [-0.2, -0.15) is 13.2 Å². The lowest BCUT2D eigenvalue weighted by Crippen LogP contribution is -2.22. The van der Waals surface area contributed by atoms with Crippen LogP contribution in [0.1, 0.15) is 19.3 Å². The fraction of sp³-hybridized carbons (Fsp3) is 0.778. The van der Waals surface area contributed by atoms with Crippen LogP contribution in [0.4, 0.5) is 13.2 Å². The van der Waals surface area contributed by atoms with Gasteiger partial charge in [-0.3, -0.25) is 0 Å². The van der Waals surface area contributed by atoms with Crippen molar-refractivity contribution in [3.05, 3.63) is 11.0 Å². The van der Waals surface area contributed by atoms with E-state index < -0.39 is 16.1 Å². The molecule has 0 fully saturated rings. The molecule has 1 nitrogen and oxygen atoms in total. The summed E-state index contributed by atoms with van der Waals surface area (Å²) < 4.78 is 41.0. The maximum atomic E-state index is 12.3. The molecule has 1 atom stereocenters. The molecule has 1 aliphatic rings. The summed E-state index contributed by atoms with van der Waals surface area (Å²) in [6.07, 6.45) is -2.90. The van der Waals surface area contributed by atoms with Gasteiger partial charge in [-0.1, -0.05) is 39.3 Å². The van der Waals surface area contributed by atoms with Gasteiger partial charge in [-0.05, 0) is 18.2 Å². The Bertz CT molecular complexity index is 272. The van der Waals surface area contributed by atoms with E-state index in [-0.39, 0.29) is 6.42 Å². The Kier molecular flexibility index (Phi) is 5.48. The van der Waals surface area contributed by atoms with Crippen molar-refractivity contribution >= 4 is 39.3 Å². The fourth-order valence-corrected chi connectivity index (χ4v) is 2.82. The molecule has 94 valence electrons. The molecule has 0 amide bonds. The monoisotopic (exact) mass is 338 g/mol. The highest BCUT2D eigenvalue weighted by atomic mass is 79.9. The SMILES string of the molecule is FC(F)(F)C1=CSC(Cl)(OCCCCBr)C1. The maximum Gasteiger partial charge on any atom is 0.413 e. The largest absolute Gasteiger partial charge is 0.413 e. The molecule has 0 bridgehead atoms. The van der Waals surface area contributed by atoms with Crippen molar-refractivity contribution in [2.24, 2.45) is 0 Å². The van der Waals surface area contributed by atoms with Crippen molar-refractivity contribution in [2.45, 2.75) is 29.8 Å². The van der Waals surface area contributed by atoms with E-state index in [1.54, 1.807) is 0 Å². The molecule has 7 heteroatoms. The minimum atomic E-state index is -4.30. The van der Waals surface area contributed by atoms with Crippen molar-refractivity contribution in [2.75, 3.05) is 11.9 Å². The Balaban J connectivity index is 2.35. The lowest BCUT2D eigenvalue weighted by molar-refractivity contribution is -0.0964. The number of hydrogen-bond acceptors (Lipinski definition) is 2. The molecule has 1 aliphatic heterocycles. The Morgan fingerprint density at radius 3 is 2.69 bits per heavy atom. The van der Waals surface area contributed by atoms with Crippen LogP contribution >= 0.6 is 39.3 Å². The quantitative estimate of drug-likeness (QED) is 0.532. The fourth-order valence-electron chi connectivity index (χ4n) is 1.14. The first-order valence-electron chi connectivity index (χ1n) is 4.70. The van der Waals surface area contributed by atoms with E-state index in [9.17, 15) is 13.2 Å². The van der Waals surface area contributed by atoms with Crippen molar-refractivity contribution in [3.8, 4) is 0 Å². The van der Waals surface area contributed by atoms with Crippen LogP contribution in [0.25, 0.3) is 0 Å². The van der Waals surface area contributed by atoms with E-state index in [0.717, 1.165) is 35.3 Å². The predicted octanol–water partition coefficient (Wildman–Crippen LogP) is 4.65. The normalized spacial score (nSPS) is 25.9. The number of alkyl halides is 5. The molecule has 1 unspecified atom stereocenters. The van der Waals surface area contributed by atoms with Crippen molar-refractivity contribution in [3.63, 3.8) is 0 Å². The topological polar surface area (TPSA) is 9.23 Å². The summed E-state index contributed by atoms with van der Waals surface area (Å²) in [7, 11) is 0. The van der Waals surface area contributed by atoms with Crippen LogP contribution in [0.3, 0.4) is 0 Å². The molecule has 0 saturated heterocycles. The molecule has 1 heterocycles. The summed E-state index contributed by atoms with van der Waals surface area (Å²) >= 11 is 10.1. The lowest BCUT2D eigenvalue weighted by Gasteiger charge is -2.21. The standard InChI is InChI=1S/C9H11BrClF3OS/c10-3-1-2-4-15-8(11)5-7(6-16-8)9(12,13)14/h6H,1-5H2. The van der Waals surface area contributed by atoms with Gasteiger partial charge in [0.05, 0.1) is 0 Å². The molecule has 0 aromatic rings.